The second-order valence-corrected chi connectivity index (χ2v) is 6.59. The van der Waals surface area contributed by atoms with Crippen LogP contribution in [0, 0.1) is 0 Å². The zero-order chi connectivity index (χ0) is 19.5. The number of ether oxygens (including phenoxy) is 1. The molecule has 0 aliphatic rings. The summed E-state index contributed by atoms with van der Waals surface area (Å²) in [6.45, 7) is 14.4. The quantitative estimate of drug-likeness (QED) is 0.388. The van der Waals surface area contributed by atoms with Crippen molar-refractivity contribution in [1.29, 1.82) is 0 Å². The predicted molar refractivity (Wildman–Crippen MR) is 101 cm³/mol. The molecule has 2 amide bonds. The summed E-state index contributed by atoms with van der Waals surface area (Å²) in [6, 6.07) is 0. The summed E-state index contributed by atoms with van der Waals surface area (Å²) in [5, 5.41) is 5.81. The number of hydrogen-bond donors (Lipinski definition) is 2. The number of nitrogens with zero attached hydrogens (tertiary/aromatic N) is 3. The molecule has 0 spiro atoms. The summed E-state index contributed by atoms with van der Waals surface area (Å²) in [7, 11) is 1.82. The molecular formula is C17H35N5O3. The van der Waals surface area contributed by atoms with Crippen molar-refractivity contribution in [2.24, 2.45) is 4.99 Å². The van der Waals surface area contributed by atoms with Crippen LogP contribution in [0.15, 0.2) is 4.99 Å². The Bertz CT molecular complexity index is 442. The minimum Gasteiger partial charge on any atom is -0.444 e. The van der Waals surface area contributed by atoms with Gasteiger partial charge in [-0.3, -0.25) is 9.79 Å². The fourth-order valence-corrected chi connectivity index (χ4v) is 2.06. The van der Waals surface area contributed by atoms with E-state index in [0.717, 1.165) is 0 Å². The van der Waals surface area contributed by atoms with Crippen molar-refractivity contribution in [3.05, 3.63) is 0 Å². The maximum atomic E-state index is 12.2. The van der Waals surface area contributed by atoms with E-state index in [1.807, 2.05) is 48.6 Å². The number of likely N-dealkylation sites (N-methyl/N-ethyl adjacent to an activating group) is 2. The van der Waals surface area contributed by atoms with E-state index in [9.17, 15) is 9.59 Å². The van der Waals surface area contributed by atoms with Gasteiger partial charge in [0.25, 0.3) is 0 Å². The predicted octanol–water partition coefficient (Wildman–Crippen LogP) is 1.28. The Morgan fingerprint density at radius 1 is 1.08 bits per heavy atom. The molecule has 8 heteroatoms. The van der Waals surface area contributed by atoms with Gasteiger partial charge in [0.15, 0.2) is 5.96 Å². The van der Waals surface area contributed by atoms with Crippen molar-refractivity contribution in [2.45, 2.75) is 47.1 Å². The molecular weight excluding hydrogens is 322 g/mol. The number of carbonyl (C=O) groups excluding carboxylic acids is 2. The van der Waals surface area contributed by atoms with Crippen LogP contribution in [0.3, 0.4) is 0 Å². The smallest absolute Gasteiger partial charge is 0.407 e. The summed E-state index contributed by atoms with van der Waals surface area (Å²) >= 11 is 0. The number of guanidine groups is 1. The van der Waals surface area contributed by atoms with Gasteiger partial charge in [-0.05, 0) is 41.5 Å². The van der Waals surface area contributed by atoms with Crippen LogP contribution in [-0.2, 0) is 9.53 Å². The molecule has 0 fully saturated rings. The van der Waals surface area contributed by atoms with E-state index in [1.165, 1.54) is 0 Å². The highest BCUT2D eigenvalue weighted by atomic mass is 16.6. The van der Waals surface area contributed by atoms with Crippen molar-refractivity contribution in [3.63, 3.8) is 0 Å². The molecule has 0 saturated carbocycles. The highest BCUT2D eigenvalue weighted by Gasteiger charge is 2.16. The summed E-state index contributed by atoms with van der Waals surface area (Å²) in [5.41, 5.74) is -0.521. The molecule has 0 aromatic carbocycles. The standard InChI is InChI=1S/C17H35N5O3/c1-8-18-15(21(7)13-14(23)22(9-2)10-3)19-11-12-20-16(24)25-17(4,5)6/h8-13H2,1-7H3,(H,18,19)(H,20,24). The van der Waals surface area contributed by atoms with Gasteiger partial charge >= 0.3 is 6.09 Å². The normalized spacial score (nSPS) is 11.7. The fourth-order valence-electron chi connectivity index (χ4n) is 2.06. The first-order valence-electron chi connectivity index (χ1n) is 8.88. The second kappa shape index (κ2) is 11.5. The maximum absolute atomic E-state index is 12.2. The lowest BCUT2D eigenvalue weighted by Gasteiger charge is -2.25. The van der Waals surface area contributed by atoms with Crippen molar-refractivity contribution in [3.8, 4) is 0 Å². The van der Waals surface area contributed by atoms with Crippen molar-refractivity contribution in [1.82, 2.24) is 20.4 Å². The molecule has 25 heavy (non-hydrogen) atoms. The van der Waals surface area contributed by atoms with E-state index >= 15 is 0 Å². The molecule has 0 radical (unpaired) electrons. The third kappa shape index (κ3) is 10.5. The van der Waals surface area contributed by atoms with Gasteiger partial charge in [-0.1, -0.05) is 0 Å². The number of rotatable bonds is 8. The molecule has 0 atom stereocenters. The molecule has 8 nitrogen and oxygen atoms in total. The average Bonchev–Trinajstić information content (AvgIpc) is 2.49. The van der Waals surface area contributed by atoms with Crippen molar-refractivity contribution in [2.75, 3.05) is 46.3 Å². The van der Waals surface area contributed by atoms with Crippen LogP contribution in [0.1, 0.15) is 41.5 Å². The van der Waals surface area contributed by atoms with Crippen LogP contribution in [0.5, 0.6) is 0 Å². The average molecular weight is 357 g/mol. The molecule has 0 aliphatic carbocycles. The monoisotopic (exact) mass is 357 g/mol. The largest absolute Gasteiger partial charge is 0.444 e. The zero-order valence-electron chi connectivity index (χ0n) is 16.8. The van der Waals surface area contributed by atoms with Crippen LogP contribution in [0.25, 0.3) is 0 Å². The molecule has 146 valence electrons. The Morgan fingerprint density at radius 3 is 2.16 bits per heavy atom. The summed E-state index contributed by atoms with van der Waals surface area (Å²) in [5.74, 6) is 0.693. The first kappa shape index (κ1) is 23.0. The lowest BCUT2D eigenvalue weighted by Crippen LogP contribution is -2.46. The van der Waals surface area contributed by atoms with Crippen LogP contribution in [-0.4, -0.2) is 79.7 Å². The Balaban J connectivity index is 4.53. The fraction of sp³-hybridized carbons (Fsp3) is 0.824. The van der Waals surface area contributed by atoms with Gasteiger partial charge in [-0.15, -0.1) is 0 Å². The summed E-state index contributed by atoms with van der Waals surface area (Å²) < 4.78 is 5.17. The van der Waals surface area contributed by atoms with E-state index in [2.05, 4.69) is 15.6 Å². The number of carbonyl (C=O) groups is 2. The van der Waals surface area contributed by atoms with E-state index in [-0.39, 0.29) is 12.5 Å². The van der Waals surface area contributed by atoms with Gasteiger partial charge < -0.3 is 25.2 Å². The molecule has 0 aliphatic heterocycles. The molecule has 0 rings (SSSR count). The summed E-state index contributed by atoms with van der Waals surface area (Å²) in [6.07, 6.45) is -0.460. The molecule has 2 N–H and O–H groups in total. The molecule has 0 heterocycles. The van der Waals surface area contributed by atoms with Crippen LogP contribution >= 0.6 is 0 Å². The lowest BCUT2D eigenvalue weighted by atomic mass is 10.2. The van der Waals surface area contributed by atoms with Crippen LogP contribution in [0.4, 0.5) is 4.79 Å². The van der Waals surface area contributed by atoms with Gasteiger partial charge in [0.2, 0.25) is 5.91 Å². The van der Waals surface area contributed by atoms with Gasteiger partial charge in [-0.2, -0.15) is 0 Å². The Labute approximate surface area is 152 Å². The minimum absolute atomic E-state index is 0.0602. The highest BCUT2D eigenvalue weighted by molar-refractivity contribution is 5.86. The number of alkyl carbamates (subject to hydrolysis) is 1. The highest BCUT2D eigenvalue weighted by Crippen LogP contribution is 2.06. The molecule has 0 bridgehead atoms. The number of aliphatic imine (C=N–C) groups is 1. The zero-order valence-corrected chi connectivity index (χ0v) is 16.8. The first-order valence-corrected chi connectivity index (χ1v) is 8.88. The van der Waals surface area contributed by atoms with E-state index in [1.54, 1.807) is 9.80 Å². The Morgan fingerprint density at radius 2 is 1.68 bits per heavy atom. The van der Waals surface area contributed by atoms with Gasteiger partial charge in [0.1, 0.15) is 5.60 Å². The van der Waals surface area contributed by atoms with Crippen LogP contribution in [0.2, 0.25) is 0 Å². The van der Waals surface area contributed by atoms with Crippen LogP contribution < -0.4 is 10.6 Å². The summed E-state index contributed by atoms with van der Waals surface area (Å²) in [4.78, 5) is 31.8. The lowest BCUT2D eigenvalue weighted by molar-refractivity contribution is -0.131. The minimum atomic E-state index is -0.521. The molecule has 0 saturated heterocycles. The topological polar surface area (TPSA) is 86.3 Å². The molecule has 0 aromatic rings. The third-order valence-electron chi connectivity index (χ3n) is 3.23. The Kier molecular flexibility index (Phi) is 10.6. The van der Waals surface area contributed by atoms with E-state index in [4.69, 9.17) is 4.74 Å². The van der Waals surface area contributed by atoms with Gasteiger partial charge in [0.05, 0.1) is 13.1 Å². The van der Waals surface area contributed by atoms with Gasteiger partial charge in [-0.25, -0.2) is 4.79 Å². The Hall–Kier alpha value is -1.99. The number of nitrogens with one attached hydrogen (secondary N) is 2. The first-order chi connectivity index (χ1) is 11.6. The number of amides is 2. The third-order valence-corrected chi connectivity index (χ3v) is 3.23. The molecule has 0 aromatic heterocycles. The SMILES string of the molecule is CCNC(=NCCNC(=O)OC(C)(C)C)N(C)CC(=O)N(CC)CC. The second-order valence-electron chi connectivity index (χ2n) is 6.59. The van der Waals surface area contributed by atoms with Gasteiger partial charge in [0, 0.05) is 33.2 Å². The maximum Gasteiger partial charge on any atom is 0.407 e. The van der Waals surface area contributed by atoms with E-state index < -0.39 is 11.7 Å². The van der Waals surface area contributed by atoms with Crippen molar-refractivity contribution < 1.29 is 14.3 Å². The number of hydrogen-bond acceptors (Lipinski definition) is 4. The van der Waals surface area contributed by atoms with E-state index in [0.29, 0.717) is 38.7 Å². The van der Waals surface area contributed by atoms with Crippen molar-refractivity contribution >= 4 is 18.0 Å². The molecule has 0 unspecified atom stereocenters.